The molecular weight excluding hydrogens is 336 g/mol. The summed E-state index contributed by atoms with van der Waals surface area (Å²) in [4.78, 5) is 16.3. The normalized spacial score (nSPS) is 18.1. The molecular formula is C22H20N4O. The Morgan fingerprint density at radius 3 is 2.63 bits per heavy atom. The second-order valence-corrected chi connectivity index (χ2v) is 7.04. The van der Waals surface area contributed by atoms with Crippen LogP contribution in [-0.2, 0) is 13.5 Å². The van der Waals surface area contributed by atoms with Gasteiger partial charge in [-0.15, -0.1) is 0 Å². The summed E-state index contributed by atoms with van der Waals surface area (Å²) in [5, 5.41) is 8.87. The molecule has 1 aliphatic rings. The summed E-state index contributed by atoms with van der Waals surface area (Å²) in [5.74, 6) is 0.893. The number of hydrogen-bond acceptors (Lipinski definition) is 4. The van der Waals surface area contributed by atoms with Crippen molar-refractivity contribution in [3.63, 3.8) is 0 Å². The van der Waals surface area contributed by atoms with E-state index in [-0.39, 0.29) is 17.4 Å². The number of nitrogens with two attached hydrogens (primary N) is 1. The van der Waals surface area contributed by atoms with Gasteiger partial charge in [-0.05, 0) is 34.6 Å². The van der Waals surface area contributed by atoms with Crippen molar-refractivity contribution in [2.45, 2.75) is 24.7 Å². The number of benzene rings is 2. The molecule has 2 atom stereocenters. The lowest BCUT2D eigenvalue weighted by atomic mass is 9.99. The summed E-state index contributed by atoms with van der Waals surface area (Å²) in [6.07, 6.45) is 1.40. The molecule has 0 bridgehead atoms. The minimum atomic E-state index is -0.115. The van der Waals surface area contributed by atoms with E-state index in [1.54, 1.807) is 13.1 Å². The van der Waals surface area contributed by atoms with Crippen LogP contribution in [0.3, 0.4) is 0 Å². The van der Waals surface area contributed by atoms with Gasteiger partial charge in [0.15, 0.2) is 0 Å². The van der Waals surface area contributed by atoms with Gasteiger partial charge in [-0.1, -0.05) is 48.5 Å². The lowest BCUT2D eigenvalue weighted by Crippen LogP contribution is -2.21. The summed E-state index contributed by atoms with van der Waals surface area (Å²) in [7, 11) is 1.63. The SMILES string of the molecule is Cn1c(N)nc([C@H]2C[C@H]2c2ccc(-c3cccc(CC#N)c3)cc2)cc1=O. The number of nitrogens with zero attached hydrogens (tertiary/aromatic N) is 3. The molecule has 2 N–H and O–H groups in total. The van der Waals surface area contributed by atoms with Crippen LogP contribution >= 0.6 is 0 Å². The Labute approximate surface area is 157 Å². The predicted molar refractivity (Wildman–Crippen MR) is 105 cm³/mol. The predicted octanol–water partition coefficient (Wildman–Crippen LogP) is 3.37. The van der Waals surface area contributed by atoms with Crippen molar-refractivity contribution >= 4 is 5.95 Å². The van der Waals surface area contributed by atoms with Crippen molar-refractivity contribution in [1.82, 2.24) is 9.55 Å². The van der Waals surface area contributed by atoms with Crippen LogP contribution in [-0.4, -0.2) is 9.55 Å². The quantitative estimate of drug-likeness (QED) is 0.777. The van der Waals surface area contributed by atoms with Gasteiger partial charge in [0.2, 0.25) is 5.95 Å². The second kappa shape index (κ2) is 6.73. The van der Waals surface area contributed by atoms with E-state index >= 15 is 0 Å². The fourth-order valence-electron chi connectivity index (χ4n) is 3.53. The van der Waals surface area contributed by atoms with Gasteiger partial charge in [0.05, 0.1) is 18.2 Å². The van der Waals surface area contributed by atoms with Gasteiger partial charge in [-0.25, -0.2) is 4.98 Å². The first-order valence-electron chi connectivity index (χ1n) is 8.96. The highest BCUT2D eigenvalue weighted by Gasteiger charge is 2.41. The number of anilines is 1. The van der Waals surface area contributed by atoms with Crippen molar-refractivity contribution < 1.29 is 0 Å². The van der Waals surface area contributed by atoms with Crippen molar-refractivity contribution in [2.75, 3.05) is 5.73 Å². The summed E-state index contributed by atoms with van der Waals surface area (Å²) >= 11 is 0. The van der Waals surface area contributed by atoms with Crippen molar-refractivity contribution in [1.29, 1.82) is 5.26 Å². The van der Waals surface area contributed by atoms with Gasteiger partial charge in [-0.2, -0.15) is 5.26 Å². The Morgan fingerprint density at radius 2 is 1.93 bits per heavy atom. The molecule has 1 saturated carbocycles. The number of rotatable bonds is 4. The molecule has 1 fully saturated rings. The summed E-state index contributed by atoms with van der Waals surface area (Å²) in [6, 6.07) is 20.4. The van der Waals surface area contributed by atoms with Crippen LogP contribution in [0.5, 0.6) is 0 Å². The van der Waals surface area contributed by atoms with Crippen molar-refractivity contribution in [2.24, 2.45) is 7.05 Å². The standard InChI is InChI=1S/C22H20N4O/c1-26-21(27)13-20(25-22(26)24)19-12-18(19)16-7-5-15(6-8-16)17-4-2-3-14(11-17)9-10-23/h2-8,11,13,18-19H,9,12H2,1H3,(H2,24,25)/t18-,19-/m0/s1. The maximum Gasteiger partial charge on any atom is 0.254 e. The summed E-state index contributed by atoms with van der Waals surface area (Å²) in [5.41, 5.74) is 11.0. The molecule has 0 radical (unpaired) electrons. The van der Waals surface area contributed by atoms with E-state index in [9.17, 15) is 4.79 Å². The topological polar surface area (TPSA) is 84.7 Å². The van der Waals surface area contributed by atoms with Crippen LogP contribution in [0.15, 0.2) is 59.4 Å². The van der Waals surface area contributed by atoms with E-state index in [2.05, 4.69) is 47.5 Å². The maximum absolute atomic E-state index is 11.9. The summed E-state index contributed by atoms with van der Waals surface area (Å²) in [6.45, 7) is 0. The van der Waals surface area contributed by atoms with E-state index in [0.29, 0.717) is 12.3 Å². The Bertz CT molecular complexity index is 1090. The summed E-state index contributed by atoms with van der Waals surface area (Å²) < 4.78 is 1.36. The minimum Gasteiger partial charge on any atom is -0.369 e. The Kier molecular flexibility index (Phi) is 4.25. The Hall–Kier alpha value is -3.39. The van der Waals surface area contributed by atoms with E-state index in [0.717, 1.165) is 28.8 Å². The molecule has 0 saturated heterocycles. The number of hydrogen-bond donors (Lipinski definition) is 1. The first kappa shape index (κ1) is 17.0. The van der Waals surface area contributed by atoms with Gasteiger partial charge in [0.25, 0.3) is 5.56 Å². The van der Waals surface area contributed by atoms with Gasteiger partial charge >= 0.3 is 0 Å². The molecule has 0 amide bonds. The number of nitrogen functional groups attached to an aromatic ring is 1. The van der Waals surface area contributed by atoms with E-state index in [1.165, 1.54) is 10.1 Å². The van der Waals surface area contributed by atoms with Crippen LogP contribution in [0.4, 0.5) is 5.95 Å². The van der Waals surface area contributed by atoms with Gasteiger partial charge in [-0.3, -0.25) is 9.36 Å². The Morgan fingerprint density at radius 1 is 1.15 bits per heavy atom. The maximum atomic E-state index is 11.9. The molecule has 0 spiro atoms. The average molecular weight is 356 g/mol. The van der Waals surface area contributed by atoms with Crippen LogP contribution in [0, 0.1) is 11.3 Å². The molecule has 3 aromatic rings. The van der Waals surface area contributed by atoms with Gasteiger partial charge in [0.1, 0.15) is 0 Å². The van der Waals surface area contributed by atoms with Crippen LogP contribution in [0.2, 0.25) is 0 Å². The van der Waals surface area contributed by atoms with Gasteiger partial charge < -0.3 is 5.73 Å². The third kappa shape index (κ3) is 3.34. The highest BCUT2D eigenvalue weighted by Crippen LogP contribution is 2.54. The average Bonchev–Trinajstić information content (AvgIpc) is 3.47. The monoisotopic (exact) mass is 356 g/mol. The highest BCUT2D eigenvalue weighted by molar-refractivity contribution is 5.65. The lowest BCUT2D eigenvalue weighted by molar-refractivity contribution is 0.813. The molecule has 5 nitrogen and oxygen atoms in total. The minimum absolute atomic E-state index is 0.115. The molecule has 1 heterocycles. The molecule has 1 aliphatic carbocycles. The van der Waals surface area contributed by atoms with Crippen LogP contribution in [0.1, 0.15) is 35.1 Å². The molecule has 1 aromatic heterocycles. The fraction of sp³-hybridized carbons (Fsp3) is 0.227. The molecule has 0 unspecified atom stereocenters. The van der Waals surface area contributed by atoms with E-state index in [1.807, 2.05) is 12.1 Å². The second-order valence-electron chi connectivity index (χ2n) is 7.04. The Balaban J connectivity index is 1.53. The molecule has 2 aromatic carbocycles. The zero-order valence-electron chi connectivity index (χ0n) is 15.1. The molecule has 0 aliphatic heterocycles. The lowest BCUT2D eigenvalue weighted by Gasteiger charge is -2.07. The molecule has 134 valence electrons. The number of nitriles is 1. The zero-order chi connectivity index (χ0) is 19.0. The number of aromatic nitrogens is 2. The highest BCUT2D eigenvalue weighted by atomic mass is 16.1. The van der Waals surface area contributed by atoms with Crippen molar-refractivity contribution in [3.8, 4) is 17.2 Å². The molecule has 4 rings (SSSR count). The van der Waals surface area contributed by atoms with Crippen LogP contribution in [0.25, 0.3) is 11.1 Å². The van der Waals surface area contributed by atoms with Gasteiger partial charge in [0, 0.05) is 19.0 Å². The third-order valence-electron chi connectivity index (χ3n) is 5.24. The third-order valence-corrected chi connectivity index (χ3v) is 5.24. The first-order valence-corrected chi connectivity index (χ1v) is 8.96. The largest absolute Gasteiger partial charge is 0.369 e. The molecule has 27 heavy (non-hydrogen) atoms. The molecule has 5 heteroatoms. The van der Waals surface area contributed by atoms with Crippen LogP contribution < -0.4 is 11.3 Å². The van der Waals surface area contributed by atoms with Crippen molar-refractivity contribution in [3.05, 3.63) is 81.8 Å². The zero-order valence-corrected chi connectivity index (χ0v) is 15.1. The first-order chi connectivity index (χ1) is 13.1. The smallest absolute Gasteiger partial charge is 0.254 e. The van der Waals surface area contributed by atoms with E-state index in [4.69, 9.17) is 11.0 Å². The van der Waals surface area contributed by atoms with E-state index < -0.39 is 0 Å². The fourth-order valence-corrected chi connectivity index (χ4v) is 3.53.